The number of nitrogens with zero attached hydrogens (tertiary/aromatic N) is 1. The van der Waals surface area contributed by atoms with E-state index in [2.05, 4.69) is 14.9 Å². The van der Waals surface area contributed by atoms with Crippen LogP contribution in [0.3, 0.4) is 0 Å². The van der Waals surface area contributed by atoms with Crippen LogP contribution < -0.4 is 14.8 Å². The molecule has 1 amide bonds. The summed E-state index contributed by atoms with van der Waals surface area (Å²) in [4.78, 5) is 14.7. The molecule has 1 aliphatic rings. The third kappa shape index (κ3) is 5.49. The van der Waals surface area contributed by atoms with Crippen LogP contribution in [0.4, 0.5) is 5.69 Å². The van der Waals surface area contributed by atoms with Gasteiger partial charge in [0.25, 0.3) is 0 Å². The molecule has 1 fully saturated rings. The minimum atomic E-state index is -3.47. The number of hydrogen-bond donors (Lipinski definition) is 2. The lowest BCUT2D eigenvalue weighted by molar-refractivity contribution is -0.121. The van der Waals surface area contributed by atoms with Crippen LogP contribution in [0.15, 0.2) is 39.9 Å². The minimum Gasteiger partial charge on any atom is -0.495 e. The highest BCUT2D eigenvalue weighted by molar-refractivity contribution is 7.91. The molecular formula is C19H24ClN3O4S2. The van der Waals surface area contributed by atoms with E-state index < -0.39 is 10.0 Å². The van der Waals surface area contributed by atoms with Crippen LogP contribution in [0.25, 0.3) is 0 Å². The number of nitrogens with one attached hydrogen (secondary N) is 2. The van der Waals surface area contributed by atoms with Crippen LogP contribution in [0, 0.1) is 0 Å². The van der Waals surface area contributed by atoms with Crippen molar-refractivity contribution in [2.75, 3.05) is 25.5 Å². The number of piperidine rings is 1. The second-order valence-electron chi connectivity index (χ2n) is 6.88. The van der Waals surface area contributed by atoms with E-state index in [-0.39, 0.29) is 18.0 Å². The van der Waals surface area contributed by atoms with Crippen LogP contribution in [-0.4, -0.2) is 51.5 Å². The number of likely N-dealkylation sites (tertiary alicyclic amines) is 1. The normalized spacial score (nSPS) is 17.1. The number of carbonyl (C=O) groups excluding carboxylic acids is 1. The predicted molar refractivity (Wildman–Crippen MR) is 115 cm³/mol. The van der Waals surface area contributed by atoms with Gasteiger partial charge in [0.2, 0.25) is 15.9 Å². The third-order valence-electron chi connectivity index (χ3n) is 4.96. The highest BCUT2D eigenvalue weighted by Crippen LogP contribution is 2.27. The second-order valence-corrected chi connectivity index (χ2v) is 10.2. The summed E-state index contributed by atoms with van der Waals surface area (Å²) >= 11 is 7.31. The van der Waals surface area contributed by atoms with Crippen molar-refractivity contribution in [1.82, 2.24) is 9.62 Å². The molecule has 2 heterocycles. The lowest BCUT2D eigenvalue weighted by Crippen LogP contribution is -2.50. The summed E-state index contributed by atoms with van der Waals surface area (Å²) < 4.78 is 32.9. The topological polar surface area (TPSA) is 87.7 Å². The SMILES string of the molecule is COc1ccc(NC(=O)[C@@H](C)N2CCC(NS(=O)(=O)c3cccs3)CC2)cc1Cl. The maximum absolute atomic E-state index is 12.6. The van der Waals surface area contributed by atoms with Crippen LogP contribution in [0.1, 0.15) is 19.8 Å². The lowest BCUT2D eigenvalue weighted by atomic mass is 10.0. The van der Waals surface area contributed by atoms with Crippen molar-refractivity contribution in [2.45, 2.75) is 36.1 Å². The maximum atomic E-state index is 12.6. The van der Waals surface area contributed by atoms with Crippen molar-refractivity contribution in [3.63, 3.8) is 0 Å². The molecule has 1 aromatic carbocycles. The Morgan fingerprint density at radius 3 is 2.62 bits per heavy atom. The summed E-state index contributed by atoms with van der Waals surface area (Å²) in [6, 6.07) is 7.93. The number of hydrogen-bond acceptors (Lipinski definition) is 6. The molecule has 158 valence electrons. The van der Waals surface area contributed by atoms with Crippen molar-refractivity contribution in [1.29, 1.82) is 0 Å². The third-order valence-corrected chi connectivity index (χ3v) is 8.17. The van der Waals surface area contributed by atoms with Gasteiger partial charge in [-0.3, -0.25) is 9.69 Å². The van der Waals surface area contributed by atoms with E-state index in [0.717, 1.165) is 0 Å². The van der Waals surface area contributed by atoms with E-state index >= 15 is 0 Å². The van der Waals surface area contributed by atoms with Crippen LogP contribution >= 0.6 is 22.9 Å². The highest BCUT2D eigenvalue weighted by atomic mass is 35.5. The maximum Gasteiger partial charge on any atom is 0.250 e. The number of benzene rings is 1. The van der Waals surface area contributed by atoms with E-state index in [9.17, 15) is 13.2 Å². The summed E-state index contributed by atoms with van der Waals surface area (Å²) in [5.41, 5.74) is 0.603. The molecule has 2 aromatic rings. The van der Waals surface area contributed by atoms with Gasteiger partial charge in [-0.15, -0.1) is 11.3 Å². The zero-order valence-corrected chi connectivity index (χ0v) is 18.6. The molecule has 0 radical (unpaired) electrons. The Bertz CT molecular complexity index is 942. The largest absolute Gasteiger partial charge is 0.495 e. The fourth-order valence-corrected chi connectivity index (χ4v) is 5.83. The number of halogens is 1. The molecule has 0 unspecified atom stereocenters. The predicted octanol–water partition coefficient (Wildman–Crippen LogP) is 3.18. The molecule has 29 heavy (non-hydrogen) atoms. The summed E-state index contributed by atoms with van der Waals surface area (Å²) in [5.74, 6) is 0.411. The number of methoxy groups -OCH3 is 1. The Morgan fingerprint density at radius 2 is 2.03 bits per heavy atom. The summed E-state index contributed by atoms with van der Waals surface area (Å²) in [6.45, 7) is 3.11. The number of anilines is 1. The molecule has 2 N–H and O–H groups in total. The summed E-state index contributed by atoms with van der Waals surface area (Å²) in [6.07, 6.45) is 1.30. The molecule has 3 rings (SSSR count). The molecule has 1 aliphatic heterocycles. The number of carbonyl (C=O) groups is 1. The van der Waals surface area contributed by atoms with Crippen LogP contribution in [0.2, 0.25) is 5.02 Å². The first kappa shape index (κ1) is 22.0. The minimum absolute atomic E-state index is 0.131. The molecule has 0 spiro atoms. The zero-order chi connectivity index (χ0) is 21.0. The molecule has 0 aliphatic carbocycles. The Labute approximate surface area is 180 Å². The molecule has 0 saturated carbocycles. The molecule has 1 atom stereocenters. The van der Waals surface area contributed by atoms with E-state index in [1.807, 2.05) is 6.92 Å². The Hall–Kier alpha value is -1.65. The van der Waals surface area contributed by atoms with Gasteiger partial charge in [0, 0.05) is 24.8 Å². The van der Waals surface area contributed by atoms with E-state index in [4.69, 9.17) is 16.3 Å². The van der Waals surface area contributed by atoms with Crippen LogP contribution in [0.5, 0.6) is 5.75 Å². The highest BCUT2D eigenvalue weighted by Gasteiger charge is 2.29. The van der Waals surface area contributed by atoms with Gasteiger partial charge in [0.05, 0.1) is 18.2 Å². The first-order chi connectivity index (χ1) is 13.8. The van der Waals surface area contributed by atoms with Gasteiger partial charge >= 0.3 is 0 Å². The van der Waals surface area contributed by atoms with Gasteiger partial charge < -0.3 is 10.1 Å². The first-order valence-electron chi connectivity index (χ1n) is 9.24. The first-order valence-corrected chi connectivity index (χ1v) is 12.0. The van der Waals surface area contributed by atoms with Crippen molar-refractivity contribution >= 4 is 44.6 Å². The standard InChI is InChI=1S/C19H24ClN3O4S2/c1-13(19(24)21-15-5-6-17(27-2)16(20)12-15)23-9-7-14(8-10-23)22-29(25,26)18-4-3-11-28-18/h3-6,11-14,22H,7-10H2,1-2H3,(H,21,24)/t13-/m1/s1. The van der Waals surface area contributed by atoms with E-state index in [1.165, 1.54) is 18.4 Å². The lowest BCUT2D eigenvalue weighted by Gasteiger charge is -2.35. The Morgan fingerprint density at radius 1 is 1.31 bits per heavy atom. The number of sulfonamides is 1. The molecular weight excluding hydrogens is 434 g/mol. The molecule has 1 aromatic heterocycles. The van der Waals surface area contributed by atoms with Gasteiger partial charge in [-0.25, -0.2) is 13.1 Å². The summed E-state index contributed by atoms with van der Waals surface area (Å²) in [5, 5.41) is 5.04. The van der Waals surface area contributed by atoms with Crippen LogP contribution in [-0.2, 0) is 14.8 Å². The van der Waals surface area contributed by atoms with Gasteiger partial charge in [-0.2, -0.15) is 0 Å². The van der Waals surface area contributed by atoms with E-state index in [0.29, 0.717) is 46.6 Å². The molecule has 0 bridgehead atoms. The number of rotatable bonds is 7. The smallest absolute Gasteiger partial charge is 0.250 e. The van der Waals surface area contributed by atoms with Crippen molar-refractivity contribution in [2.24, 2.45) is 0 Å². The van der Waals surface area contributed by atoms with Gasteiger partial charge in [0.15, 0.2) is 0 Å². The van der Waals surface area contributed by atoms with Gasteiger partial charge in [-0.1, -0.05) is 17.7 Å². The number of thiophene rings is 1. The Kier molecular flexibility index (Phi) is 7.18. The quantitative estimate of drug-likeness (QED) is 0.666. The molecule has 7 nitrogen and oxygen atoms in total. The monoisotopic (exact) mass is 457 g/mol. The molecule has 1 saturated heterocycles. The fraction of sp³-hybridized carbons (Fsp3) is 0.421. The van der Waals surface area contributed by atoms with Crippen molar-refractivity contribution in [3.05, 3.63) is 40.7 Å². The second kappa shape index (κ2) is 9.44. The molecule has 10 heteroatoms. The van der Waals surface area contributed by atoms with Gasteiger partial charge in [0.1, 0.15) is 9.96 Å². The average molecular weight is 458 g/mol. The fourth-order valence-electron chi connectivity index (χ4n) is 3.26. The number of amides is 1. The summed E-state index contributed by atoms with van der Waals surface area (Å²) in [7, 11) is -1.94. The number of ether oxygens (including phenoxy) is 1. The van der Waals surface area contributed by atoms with E-state index in [1.54, 1.807) is 35.7 Å². The van der Waals surface area contributed by atoms with Gasteiger partial charge in [-0.05, 0) is 49.4 Å². The van der Waals surface area contributed by atoms with Crippen molar-refractivity contribution < 1.29 is 17.9 Å². The van der Waals surface area contributed by atoms with Crippen molar-refractivity contribution in [3.8, 4) is 5.75 Å². The average Bonchev–Trinajstić information content (AvgIpc) is 3.24. The zero-order valence-electron chi connectivity index (χ0n) is 16.2. The Balaban J connectivity index is 1.52.